The van der Waals surface area contributed by atoms with E-state index in [4.69, 9.17) is 5.73 Å². The zero-order valence-electron chi connectivity index (χ0n) is 9.22. The van der Waals surface area contributed by atoms with Gasteiger partial charge in [-0.25, -0.2) is 0 Å². The van der Waals surface area contributed by atoms with Crippen molar-refractivity contribution in [2.45, 2.75) is 19.4 Å². The number of nitrogens with two attached hydrogens (primary N) is 1. The average Bonchev–Trinajstić information content (AvgIpc) is 2.71. The van der Waals surface area contributed by atoms with Crippen molar-refractivity contribution in [3.05, 3.63) is 33.9 Å². The number of benzene rings is 1. The van der Waals surface area contributed by atoms with Crippen LogP contribution in [0.1, 0.15) is 12.0 Å². The van der Waals surface area contributed by atoms with E-state index in [9.17, 15) is 10.1 Å². The van der Waals surface area contributed by atoms with Gasteiger partial charge in [0.05, 0.1) is 6.54 Å². The average molecular weight is 221 g/mol. The molecule has 1 saturated heterocycles. The number of anilines is 2. The van der Waals surface area contributed by atoms with Gasteiger partial charge < -0.3 is 10.6 Å². The molecule has 0 aliphatic carbocycles. The standard InChI is InChI=1S/C11H15N3O2/c1-8-2-3-9(6-11(8)12)13-5-4-10(7-13)14(15)16/h2-3,6,10H,4-5,7,12H2,1H3. The lowest BCUT2D eigenvalue weighted by atomic mass is 10.2. The minimum atomic E-state index is -0.442. The van der Waals surface area contributed by atoms with Crippen LogP contribution in [0.15, 0.2) is 18.2 Å². The van der Waals surface area contributed by atoms with Crippen LogP contribution in [0.3, 0.4) is 0 Å². The van der Waals surface area contributed by atoms with E-state index in [0.717, 1.165) is 23.5 Å². The van der Waals surface area contributed by atoms with Crippen molar-refractivity contribution in [1.29, 1.82) is 0 Å². The second kappa shape index (κ2) is 4.00. The minimum absolute atomic E-state index is 0.197. The van der Waals surface area contributed by atoms with Crippen LogP contribution in [0.5, 0.6) is 0 Å². The van der Waals surface area contributed by atoms with Crippen LogP contribution in [0.2, 0.25) is 0 Å². The van der Waals surface area contributed by atoms with Crippen LogP contribution in [0.25, 0.3) is 0 Å². The molecule has 1 aromatic carbocycles. The summed E-state index contributed by atoms with van der Waals surface area (Å²) in [7, 11) is 0. The second-order valence-electron chi connectivity index (χ2n) is 4.21. The predicted molar refractivity (Wildman–Crippen MR) is 63.2 cm³/mol. The molecule has 0 aromatic heterocycles. The largest absolute Gasteiger partial charge is 0.398 e. The van der Waals surface area contributed by atoms with E-state index >= 15 is 0 Å². The summed E-state index contributed by atoms with van der Waals surface area (Å²) in [6, 6.07) is 5.36. The maximum Gasteiger partial charge on any atom is 0.232 e. The normalized spacial score (nSPS) is 20.1. The zero-order chi connectivity index (χ0) is 11.7. The zero-order valence-corrected chi connectivity index (χ0v) is 9.22. The van der Waals surface area contributed by atoms with Gasteiger partial charge in [-0.1, -0.05) is 6.07 Å². The quantitative estimate of drug-likeness (QED) is 0.466. The molecule has 0 bridgehead atoms. The topological polar surface area (TPSA) is 72.4 Å². The molecule has 86 valence electrons. The smallest absolute Gasteiger partial charge is 0.232 e. The van der Waals surface area contributed by atoms with Gasteiger partial charge in [0.15, 0.2) is 0 Å². The van der Waals surface area contributed by atoms with Crippen molar-refractivity contribution in [3.63, 3.8) is 0 Å². The van der Waals surface area contributed by atoms with Crippen LogP contribution < -0.4 is 10.6 Å². The van der Waals surface area contributed by atoms with E-state index in [1.165, 1.54) is 0 Å². The van der Waals surface area contributed by atoms with Crippen molar-refractivity contribution in [1.82, 2.24) is 0 Å². The molecule has 0 saturated carbocycles. The van der Waals surface area contributed by atoms with Gasteiger partial charge in [0.25, 0.3) is 0 Å². The molecule has 1 aliphatic rings. The molecule has 1 fully saturated rings. The van der Waals surface area contributed by atoms with Crippen LogP contribution in [-0.2, 0) is 0 Å². The number of aryl methyl sites for hydroxylation is 1. The van der Waals surface area contributed by atoms with E-state index < -0.39 is 6.04 Å². The van der Waals surface area contributed by atoms with Gasteiger partial charge in [-0.15, -0.1) is 0 Å². The van der Waals surface area contributed by atoms with Crippen LogP contribution in [0, 0.1) is 17.0 Å². The lowest BCUT2D eigenvalue weighted by Crippen LogP contribution is -2.25. The van der Waals surface area contributed by atoms with Gasteiger partial charge >= 0.3 is 0 Å². The van der Waals surface area contributed by atoms with E-state index in [-0.39, 0.29) is 4.92 Å². The Bertz CT molecular complexity index is 420. The fourth-order valence-corrected chi connectivity index (χ4v) is 1.97. The van der Waals surface area contributed by atoms with Crippen molar-refractivity contribution < 1.29 is 4.92 Å². The Labute approximate surface area is 94.0 Å². The molecule has 1 aliphatic heterocycles. The first kappa shape index (κ1) is 10.7. The molecule has 1 unspecified atom stereocenters. The number of nitro groups is 1. The summed E-state index contributed by atoms with van der Waals surface area (Å²) in [4.78, 5) is 12.5. The third kappa shape index (κ3) is 1.93. The molecule has 2 N–H and O–H groups in total. The highest BCUT2D eigenvalue weighted by Gasteiger charge is 2.30. The van der Waals surface area contributed by atoms with Gasteiger partial charge in [0, 0.05) is 29.3 Å². The molecule has 0 amide bonds. The maximum atomic E-state index is 10.7. The summed E-state index contributed by atoms with van der Waals surface area (Å²) < 4.78 is 0. The van der Waals surface area contributed by atoms with Crippen LogP contribution in [-0.4, -0.2) is 24.1 Å². The lowest BCUT2D eigenvalue weighted by Gasteiger charge is -2.17. The number of hydrogen-bond acceptors (Lipinski definition) is 4. The summed E-state index contributed by atoms with van der Waals surface area (Å²) in [5.74, 6) is 0. The Morgan fingerprint density at radius 3 is 2.88 bits per heavy atom. The summed E-state index contributed by atoms with van der Waals surface area (Å²) in [5.41, 5.74) is 8.58. The Morgan fingerprint density at radius 1 is 1.56 bits per heavy atom. The molecule has 2 rings (SSSR count). The molecule has 0 radical (unpaired) electrons. The third-order valence-corrected chi connectivity index (χ3v) is 3.09. The Morgan fingerprint density at radius 2 is 2.31 bits per heavy atom. The molecule has 5 heteroatoms. The Kier molecular flexibility index (Phi) is 2.68. The fraction of sp³-hybridized carbons (Fsp3) is 0.455. The van der Waals surface area contributed by atoms with E-state index in [1.807, 2.05) is 30.0 Å². The highest BCUT2D eigenvalue weighted by Crippen LogP contribution is 2.25. The molecule has 5 nitrogen and oxygen atoms in total. The fourth-order valence-electron chi connectivity index (χ4n) is 1.97. The number of hydrogen-bond donors (Lipinski definition) is 1. The molecule has 1 atom stereocenters. The molecule has 1 aromatic rings. The molecular formula is C11H15N3O2. The molecule has 0 spiro atoms. The van der Waals surface area contributed by atoms with Gasteiger partial charge in [0.2, 0.25) is 6.04 Å². The van der Waals surface area contributed by atoms with Crippen molar-refractivity contribution in [2.24, 2.45) is 0 Å². The van der Waals surface area contributed by atoms with Gasteiger partial charge in [-0.2, -0.15) is 0 Å². The van der Waals surface area contributed by atoms with E-state index in [0.29, 0.717) is 13.0 Å². The first-order valence-corrected chi connectivity index (χ1v) is 5.32. The van der Waals surface area contributed by atoms with Gasteiger partial charge in [0.1, 0.15) is 0 Å². The monoisotopic (exact) mass is 221 g/mol. The second-order valence-corrected chi connectivity index (χ2v) is 4.21. The van der Waals surface area contributed by atoms with Crippen LogP contribution >= 0.6 is 0 Å². The molecule has 1 heterocycles. The van der Waals surface area contributed by atoms with Gasteiger partial charge in [-0.3, -0.25) is 10.1 Å². The maximum absolute atomic E-state index is 10.7. The van der Waals surface area contributed by atoms with Crippen molar-refractivity contribution in [2.75, 3.05) is 23.7 Å². The highest BCUT2D eigenvalue weighted by atomic mass is 16.6. The SMILES string of the molecule is Cc1ccc(N2CCC([N+](=O)[O-])C2)cc1N. The number of nitrogen functional groups attached to an aromatic ring is 1. The summed E-state index contributed by atoms with van der Waals surface area (Å²) in [5, 5.41) is 10.7. The predicted octanol–water partition coefficient (Wildman–Crippen LogP) is 1.43. The summed E-state index contributed by atoms with van der Waals surface area (Å²) in [6.07, 6.45) is 0.612. The molecular weight excluding hydrogens is 206 g/mol. The summed E-state index contributed by atoms with van der Waals surface area (Å²) in [6.45, 7) is 3.16. The Hall–Kier alpha value is -1.78. The Balaban J connectivity index is 2.14. The minimum Gasteiger partial charge on any atom is -0.398 e. The third-order valence-electron chi connectivity index (χ3n) is 3.09. The van der Waals surface area contributed by atoms with Crippen molar-refractivity contribution in [3.8, 4) is 0 Å². The first-order chi connectivity index (χ1) is 7.58. The summed E-state index contributed by atoms with van der Waals surface area (Å²) >= 11 is 0. The molecule has 16 heavy (non-hydrogen) atoms. The highest BCUT2D eigenvalue weighted by molar-refractivity contribution is 5.60. The first-order valence-electron chi connectivity index (χ1n) is 5.32. The number of rotatable bonds is 2. The number of nitrogens with zero attached hydrogens (tertiary/aromatic N) is 2. The van der Waals surface area contributed by atoms with E-state index in [1.54, 1.807) is 0 Å². The van der Waals surface area contributed by atoms with Crippen molar-refractivity contribution >= 4 is 11.4 Å². The van der Waals surface area contributed by atoms with Crippen LogP contribution in [0.4, 0.5) is 11.4 Å². The lowest BCUT2D eigenvalue weighted by molar-refractivity contribution is -0.516. The van der Waals surface area contributed by atoms with E-state index in [2.05, 4.69) is 0 Å². The van der Waals surface area contributed by atoms with Gasteiger partial charge in [-0.05, 0) is 24.6 Å².